The van der Waals surface area contributed by atoms with E-state index < -0.39 is 34.3 Å². The van der Waals surface area contributed by atoms with Gasteiger partial charge in [0.25, 0.3) is 3.79 Å². The number of aliphatic carboxylic acids is 1. The maximum atomic E-state index is 9.62. The van der Waals surface area contributed by atoms with Gasteiger partial charge in [-0.15, -0.1) is 0 Å². The number of carboxylic acids is 1. The first kappa shape index (κ1) is 19.0. The number of phosphoric acid groups is 1. The molecule has 0 unspecified atom stereocenters. The molecule has 0 aromatic carbocycles. The van der Waals surface area contributed by atoms with Crippen LogP contribution in [0.1, 0.15) is 0 Å². The quantitative estimate of drug-likeness (QED) is 0.312. The number of rotatable bonds is 2. The van der Waals surface area contributed by atoms with E-state index in [2.05, 4.69) is 3.18 Å². The van der Waals surface area contributed by atoms with Gasteiger partial charge in [0.05, 0.1) is 0 Å². The van der Waals surface area contributed by atoms with Crippen LogP contribution in [0.2, 0.25) is 0 Å². The first-order valence-corrected chi connectivity index (χ1v) is 10.3. The fourth-order valence-electron chi connectivity index (χ4n) is 0.123. The van der Waals surface area contributed by atoms with Crippen molar-refractivity contribution < 1.29 is 54.7 Å². The standard InChI is InChI=1S/C2HCl3O2.H3O4P.H2O.2O.W/c3-2(4,5)1(6)7;1-5(2,3)4;;;;/h(H,6,7);(H3,1,2,3,4);1H2;;;/q;;;;;+2/p-2. The Morgan fingerprint density at radius 2 is 1.50 bits per heavy atom. The first-order valence-electron chi connectivity index (χ1n) is 2.69. The van der Waals surface area contributed by atoms with Crippen LogP contribution in [0.3, 0.4) is 0 Å². The van der Waals surface area contributed by atoms with Gasteiger partial charge in [-0.05, 0) is 0 Å². The summed E-state index contributed by atoms with van der Waals surface area (Å²) in [5.41, 5.74) is 0. The SMILES string of the molecule is O=C(O)C(Cl)(Cl)Cl.O=P(O)(O)[O][W](=[O])(=[O])[OH]. The van der Waals surface area contributed by atoms with Crippen LogP contribution in [-0.2, 0) is 36.1 Å². The van der Waals surface area contributed by atoms with Crippen LogP contribution in [0.15, 0.2) is 0 Å². The zero-order valence-electron chi connectivity index (χ0n) is 6.82. The Morgan fingerprint density at radius 1 is 1.25 bits per heavy atom. The zero-order valence-corrected chi connectivity index (χ0v) is 12.9. The van der Waals surface area contributed by atoms with Gasteiger partial charge in [0.1, 0.15) is 0 Å². The van der Waals surface area contributed by atoms with Crippen LogP contribution in [0.4, 0.5) is 0 Å². The third-order valence-electron chi connectivity index (χ3n) is 0.434. The van der Waals surface area contributed by atoms with Gasteiger partial charge >= 0.3 is 58.6 Å². The number of carbonyl (C=O) groups is 1. The van der Waals surface area contributed by atoms with E-state index in [0.717, 1.165) is 0 Å². The summed E-state index contributed by atoms with van der Waals surface area (Å²) in [5.74, 6) is -1.46. The van der Waals surface area contributed by atoms with Crippen molar-refractivity contribution in [2.45, 2.75) is 3.79 Å². The van der Waals surface area contributed by atoms with Crippen molar-refractivity contribution in [1.82, 2.24) is 0 Å². The second-order valence-electron chi connectivity index (χ2n) is 1.80. The summed E-state index contributed by atoms with van der Waals surface area (Å²) < 4.78 is 37.4. The number of hydrogen-bond acceptors (Lipinski definition) is 5. The van der Waals surface area contributed by atoms with Gasteiger partial charge in [-0.25, -0.2) is 4.79 Å². The number of hydrogen-bond donors (Lipinski definition) is 4. The first-order chi connectivity index (χ1) is 6.65. The molecule has 9 nitrogen and oxygen atoms in total. The summed E-state index contributed by atoms with van der Waals surface area (Å²) in [5, 5.41) is 7.85. The minimum atomic E-state index is -6.19. The number of alkyl halides is 3. The van der Waals surface area contributed by atoms with E-state index in [1.807, 2.05) is 0 Å². The molecule has 0 bridgehead atoms. The molecule has 98 valence electrons. The molecular formula is C2H4Cl3O9PW. The second-order valence-corrected chi connectivity index (χ2v) is 9.89. The van der Waals surface area contributed by atoms with Crippen LogP contribution >= 0.6 is 42.6 Å². The molecule has 0 aliphatic heterocycles. The molecule has 0 radical (unpaired) electrons. The Balaban J connectivity index is 0. The van der Waals surface area contributed by atoms with Crippen LogP contribution in [-0.4, -0.2) is 28.4 Å². The number of carboxylic acid groups (broad SMARTS) is 1. The van der Waals surface area contributed by atoms with E-state index >= 15 is 0 Å². The van der Waals surface area contributed by atoms with E-state index in [4.69, 9.17) is 53.5 Å². The maximum absolute atomic E-state index is 9.62. The predicted octanol–water partition coefficient (Wildman–Crippen LogP) is 0.204. The second kappa shape index (κ2) is 6.58. The van der Waals surface area contributed by atoms with Crippen molar-refractivity contribution in [3.8, 4) is 0 Å². The zero-order chi connectivity index (χ0) is 13.8. The van der Waals surface area contributed by atoms with E-state index in [-0.39, 0.29) is 0 Å². The Hall–Kier alpha value is 0.698. The van der Waals surface area contributed by atoms with Crippen molar-refractivity contribution in [2.24, 2.45) is 0 Å². The fourth-order valence-corrected chi connectivity index (χ4v) is 3.01. The summed E-state index contributed by atoms with van der Waals surface area (Å²) in [7, 11) is -5.07. The molecule has 0 fully saturated rings. The summed E-state index contributed by atoms with van der Waals surface area (Å²) in [6.45, 7) is 0. The summed E-state index contributed by atoms with van der Waals surface area (Å²) in [6.07, 6.45) is 0. The third-order valence-corrected chi connectivity index (χ3v) is 5.42. The molecule has 0 aliphatic carbocycles. The average Bonchev–Trinajstić information content (AvgIpc) is 1.75. The van der Waals surface area contributed by atoms with Crippen molar-refractivity contribution >= 4 is 48.6 Å². The number of halogens is 3. The molecule has 0 saturated heterocycles. The van der Waals surface area contributed by atoms with Crippen LogP contribution < -0.4 is 0 Å². The molecular weight excluding hydrogens is 489 g/mol. The molecule has 0 aromatic rings. The average molecular weight is 493 g/mol. The molecule has 0 amide bonds. The minimum absolute atomic E-state index is 1.46. The van der Waals surface area contributed by atoms with Gasteiger partial charge < -0.3 is 5.11 Å². The Labute approximate surface area is 107 Å². The molecule has 0 saturated carbocycles. The van der Waals surface area contributed by atoms with Crippen molar-refractivity contribution in [3.05, 3.63) is 0 Å². The van der Waals surface area contributed by atoms with Gasteiger partial charge in [0, 0.05) is 0 Å². The van der Waals surface area contributed by atoms with E-state index in [1.54, 1.807) is 0 Å². The van der Waals surface area contributed by atoms with Gasteiger partial charge in [0.15, 0.2) is 0 Å². The van der Waals surface area contributed by atoms with Gasteiger partial charge in [-0.1, -0.05) is 34.8 Å². The molecule has 0 aliphatic rings. The van der Waals surface area contributed by atoms with Gasteiger partial charge in [0.2, 0.25) is 0 Å². The van der Waals surface area contributed by atoms with Crippen molar-refractivity contribution in [2.75, 3.05) is 0 Å². The predicted molar refractivity (Wildman–Crippen MR) is 44.6 cm³/mol. The molecule has 16 heavy (non-hydrogen) atoms. The summed E-state index contributed by atoms with van der Waals surface area (Å²) in [6, 6.07) is 0. The Bertz CT molecular complexity index is 376. The van der Waals surface area contributed by atoms with Gasteiger partial charge in [-0.3, -0.25) is 0 Å². The fraction of sp³-hybridized carbons (Fsp3) is 0.500. The summed E-state index contributed by atoms with van der Waals surface area (Å²) in [4.78, 5) is 25.1. The molecule has 0 spiro atoms. The topological polar surface area (TPSA) is 158 Å². The molecule has 0 atom stereocenters. The van der Waals surface area contributed by atoms with E-state index in [1.165, 1.54) is 0 Å². The van der Waals surface area contributed by atoms with E-state index in [0.29, 0.717) is 0 Å². The molecule has 0 rings (SSSR count). The Morgan fingerprint density at radius 3 is 1.50 bits per heavy atom. The normalized spacial score (nSPS) is 12.6. The van der Waals surface area contributed by atoms with Crippen molar-refractivity contribution in [1.29, 1.82) is 0 Å². The van der Waals surface area contributed by atoms with E-state index in [9.17, 15) is 16.2 Å². The monoisotopic (exact) mass is 492 g/mol. The molecule has 4 N–H and O–H groups in total. The molecule has 14 heteroatoms. The van der Waals surface area contributed by atoms with Crippen LogP contribution in [0.25, 0.3) is 0 Å². The van der Waals surface area contributed by atoms with Crippen LogP contribution in [0.5, 0.6) is 0 Å². The molecule has 0 aromatic heterocycles. The van der Waals surface area contributed by atoms with Crippen LogP contribution in [0, 0.1) is 0 Å². The summed E-state index contributed by atoms with van der Waals surface area (Å²) >= 11 is 8.20. The third kappa shape index (κ3) is 17.1. The molecule has 0 heterocycles. The van der Waals surface area contributed by atoms with Gasteiger partial charge in [-0.2, -0.15) is 0 Å². The Kier molecular flexibility index (Phi) is 7.84. The van der Waals surface area contributed by atoms with Crippen molar-refractivity contribution in [3.63, 3.8) is 0 Å².